The highest BCUT2D eigenvalue weighted by Crippen LogP contribution is 2.07. The zero-order chi connectivity index (χ0) is 10.5. The van der Waals surface area contributed by atoms with Crippen LogP contribution in [0.5, 0.6) is 0 Å². The molecular weight excluding hydrogens is 190 g/mol. The van der Waals surface area contributed by atoms with E-state index in [1.54, 1.807) is 0 Å². The first-order valence-corrected chi connectivity index (χ1v) is 4.99. The second-order valence-electron chi connectivity index (χ2n) is 3.18. The molecule has 0 spiro atoms. The number of aromatic nitrogens is 2. The summed E-state index contributed by atoms with van der Waals surface area (Å²) in [4.78, 5) is 4.20. The summed E-state index contributed by atoms with van der Waals surface area (Å²) in [7, 11) is 0. The number of para-hydroxylation sites is 1. The van der Waals surface area contributed by atoms with E-state index in [9.17, 15) is 0 Å². The molecule has 1 heterocycles. The van der Waals surface area contributed by atoms with Gasteiger partial charge >= 0.3 is 0 Å². The molecule has 0 aliphatic heterocycles. The lowest BCUT2D eigenvalue weighted by Gasteiger charge is -2.01. The molecule has 4 heteroatoms. The first-order chi connectivity index (χ1) is 7.38. The Bertz CT molecular complexity index is 411. The van der Waals surface area contributed by atoms with Crippen molar-refractivity contribution in [2.75, 3.05) is 5.32 Å². The minimum atomic E-state index is 0.566. The third-order valence-electron chi connectivity index (χ3n) is 2.04. The lowest BCUT2D eigenvalue weighted by atomic mass is 10.3. The zero-order valence-electron chi connectivity index (χ0n) is 8.60. The van der Waals surface area contributed by atoms with Gasteiger partial charge in [0, 0.05) is 12.1 Å². The van der Waals surface area contributed by atoms with Crippen LogP contribution in [0, 0.1) is 0 Å². The van der Waals surface area contributed by atoms with Gasteiger partial charge < -0.3 is 9.84 Å². The molecule has 0 atom stereocenters. The van der Waals surface area contributed by atoms with Gasteiger partial charge in [-0.3, -0.25) is 0 Å². The molecule has 1 N–H and O–H groups in total. The number of benzene rings is 1. The average molecular weight is 203 g/mol. The summed E-state index contributed by atoms with van der Waals surface area (Å²) in [6.45, 7) is 2.57. The fourth-order valence-corrected chi connectivity index (χ4v) is 1.24. The van der Waals surface area contributed by atoms with Crippen LogP contribution in [0.3, 0.4) is 0 Å². The molecule has 0 saturated carbocycles. The van der Waals surface area contributed by atoms with Gasteiger partial charge in [-0.05, 0) is 12.1 Å². The Morgan fingerprint density at radius 1 is 1.27 bits per heavy atom. The van der Waals surface area contributed by atoms with E-state index < -0.39 is 0 Å². The third kappa shape index (κ3) is 2.56. The van der Waals surface area contributed by atoms with Crippen molar-refractivity contribution in [1.29, 1.82) is 0 Å². The van der Waals surface area contributed by atoms with E-state index in [1.165, 1.54) is 0 Å². The number of hydrogen-bond donors (Lipinski definition) is 1. The van der Waals surface area contributed by atoms with Crippen molar-refractivity contribution in [1.82, 2.24) is 10.1 Å². The Balaban J connectivity index is 1.93. The van der Waals surface area contributed by atoms with Crippen LogP contribution in [0.25, 0.3) is 0 Å². The molecule has 0 saturated heterocycles. The van der Waals surface area contributed by atoms with E-state index >= 15 is 0 Å². The molecule has 0 fully saturated rings. The molecule has 15 heavy (non-hydrogen) atoms. The van der Waals surface area contributed by atoms with E-state index in [4.69, 9.17) is 4.52 Å². The Kier molecular flexibility index (Phi) is 2.97. The molecule has 0 amide bonds. The number of rotatable bonds is 4. The molecule has 78 valence electrons. The predicted octanol–water partition coefficient (Wildman–Crippen LogP) is 2.24. The standard InChI is InChI=1S/C11H13N3O/c1-2-10-13-11(15-14-10)8-12-9-6-4-3-5-7-9/h3-7,12H,2,8H2,1H3. The molecule has 0 aliphatic carbocycles. The van der Waals surface area contributed by atoms with Gasteiger partial charge in [0.25, 0.3) is 0 Å². The largest absolute Gasteiger partial charge is 0.376 e. The quantitative estimate of drug-likeness (QED) is 0.828. The summed E-state index contributed by atoms with van der Waals surface area (Å²) in [6.07, 6.45) is 0.800. The van der Waals surface area contributed by atoms with Crippen molar-refractivity contribution < 1.29 is 4.52 Å². The molecule has 0 aliphatic rings. The minimum absolute atomic E-state index is 0.566. The maximum Gasteiger partial charge on any atom is 0.245 e. The van der Waals surface area contributed by atoms with Gasteiger partial charge in [0.15, 0.2) is 5.82 Å². The first kappa shape index (κ1) is 9.71. The summed E-state index contributed by atoms with van der Waals surface area (Å²) < 4.78 is 5.05. The van der Waals surface area contributed by atoms with E-state index in [0.29, 0.717) is 12.4 Å². The Hall–Kier alpha value is -1.84. The van der Waals surface area contributed by atoms with Gasteiger partial charge in [-0.1, -0.05) is 30.3 Å². The van der Waals surface area contributed by atoms with Crippen molar-refractivity contribution in [2.24, 2.45) is 0 Å². The first-order valence-electron chi connectivity index (χ1n) is 4.99. The highest BCUT2D eigenvalue weighted by Gasteiger charge is 2.03. The highest BCUT2D eigenvalue weighted by molar-refractivity contribution is 5.42. The van der Waals surface area contributed by atoms with Crippen molar-refractivity contribution >= 4 is 5.69 Å². The molecule has 2 rings (SSSR count). The van der Waals surface area contributed by atoms with Crippen molar-refractivity contribution in [3.8, 4) is 0 Å². The second-order valence-corrected chi connectivity index (χ2v) is 3.18. The summed E-state index contributed by atoms with van der Waals surface area (Å²) in [6, 6.07) is 9.93. The zero-order valence-corrected chi connectivity index (χ0v) is 8.60. The molecule has 1 aromatic carbocycles. The SMILES string of the molecule is CCc1noc(CNc2ccccc2)n1. The Labute approximate surface area is 88.3 Å². The van der Waals surface area contributed by atoms with Crippen molar-refractivity contribution in [3.05, 3.63) is 42.0 Å². The van der Waals surface area contributed by atoms with Gasteiger partial charge in [-0.2, -0.15) is 4.98 Å². The molecule has 0 bridgehead atoms. The van der Waals surface area contributed by atoms with Crippen molar-refractivity contribution in [2.45, 2.75) is 19.9 Å². The average Bonchev–Trinajstić information content (AvgIpc) is 2.76. The maximum absolute atomic E-state index is 5.05. The van der Waals surface area contributed by atoms with Gasteiger partial charge in [0.2, 0.25) is 5.89 Å². The van der Waals surface area contributed by atoms with E-state index in [-0.39, 0.29) is 0 Å². The van der Waals surface area contributed by atoms with Crippen LogP contribution < -0.4 is 5.32 Å². The van der Waals surface area contributed by atoms with Crippen LogP contribution in [0.15, 0.2) is 34.9 Å². The van der Waals surface area contributed by atoms with Gasteiger partial charge in [0.05, 0.1) is 6.54 Å². The molecular formula is C11H13N3O. The van der Waals surface area contributed by atoms with Crippen LogP contribution in [0.4, 0.5) is 5.69 Å². The molecule has 1 aromatic heterocycles. The number of aryl methyl sites for hydroxylation is 1. The fourth-order valence-electron chi connectivity index (χ4n) is 1.24. The normalized spacial score (nSPS) is 10.2. The molecule has 4 nitrogen and oxygen atoms in total. The predicted molar refractivity (Wildman–Crippen MR) is 57.4 cm³/mol. The van der Waals surface area contributed by atoms with E-state index in [1.807, 2.05) is 37.3 Å². The topological polar surface area (TPSA) is 51.0 Å². The summed E-state index contributed by atoms with van der Waals surface area (Å²) in [5, 5.41) is 7.02. The molecule has 0 unspecified atom stereocenters. The number of hydrogen-bond acceptors (Lipinski definition) is 4. The lowest BCUT2D eigenvalue weighted by Crippen LogP contribution is -1.99. The van der Waals surface area contributed by atoms with Crippen LogP contribution in [0.2, 0.25) is 0 Å². The molecule has 2 aromatic rings. The number of anilines is 1. The molecule has 0 radical (unpaired) electrons. The van der Waals surface area contributed by atoms with Crippen LogP contribution in [0.1, 0.15) is 18.6 Å². The van der Waals surface area contributed by atoms with Gasteiger partial charge in [-0.15, -0.1) is 0 Å². The smallest absolute Gasteiger partial charge is 0.245 e. The maximum atomic E-state index is 5.05. The Morgan fingerprint density at radius 2 is 2.07 bits per heavy atom. The van der Waals surface area contributed by atoms with Gasteiger partial charge in [0.1, 0.15) is 0 Å². The summed E-state index contributed by atoms with van der Waals surface area (Å²) >= 11 is 0. The fraction of sp³-hybridized carbons (Fsp3) is 0.273. The van der Waals surface area contributed by atoms with Crippen molar-refractivity contribution in [3.63, 3.8) is 0 Å². The van der Waals surface area contributed by atoms with E-state index in [2.05, 4.69) is 15.5 Å². The van der Waals surface area contributed by atoms with Gasteiger partial charge in [-0.25, -0.2) is 0 Å². The van der Waals surface area contributed by atoms with Crippen LogP contribution >= 0.6 is 0 Å². The van der Waals surface area contributed by atoms with E-state index in [0.717, 1.165) is 17.9 Å². The number of nitrogens with one attached hydrogen (secondary N) is 1. The number of nitrogens with zero attached hydrogens (tertiary/aromatic N) is 2. The third-order valence-corrected chi connectivity index (χ3v) is 2.04. The van der Waals surface area contributed by atoms with Crippen LogP contribution in [-0.2, 0) is 13.0 Å². The van der Waals surface area contributed by atoms with Crippen LogP contribution in [-0.4, -0.2) is 10.1 Å². The second kappa shape index (κ2) is 4.59. The minimum Gasteiger partial charge on any atom is -0.376 e. The Morgan fingerprint density at radius 3 is 2.73 bits per heavy atom. The summed E-state index contributed by atoms with van der Waals surface area (Å²) in [5.74, 6) is 1.37. The summed E-state index contributed by atoms with van der Waals surface area (Å²) in [5.41, 5.74) is 1.05. The monoisotopic (exact) mass is 203 g/mol. The highest BCUT2D eigenvalue weighted by atomic mass is 16.5. The lowest BCUT2D eigenvalue weighted by molar-refractivity contribution is 0.378.